The summed E-state index contributed by atoms with van der Waals surface area (Å²) in [6.45, 7) is 0.596. The van der Waals surface area contributed by atoms with E-state index >= 15 is 0 Å². The zero-order chi connectivity index (χ0) is 13.6. The van der Waals surface area contributed by atoms with Gasteiger partial charge in [-0.25, -0.2) is 0 Å². The van der Waals surface area contributed by atoms with Crippen molar-refractivity contribution in [2.75, 3.05) is 13.2 Å². The Morgan fingerprint density at radius 2 is 2.05 bits per heavy atom. The molecule has 1 fully saturated rings. The van der Waals surface area contributed by atoms with Crippen molar-refractivity contribution in [3.8, 4) is 0 Å². The Morgan fingerprint density at radius 1 is 1.26 bits per heavy atom. The summed E-state index contributed by atoms with van der Waals surface area (Å²) in [5.41, 5.74) is 2.14. The number of Topliss-reactive ketones (excluding diaryl/α,β-unsaturated/α-hetero) is 1. The molecule has 0 bridgehead atoms. The summed E-state index contributed by atoms with van der Waals surface area (Å²) >= 11 is 0. The number of fused-ring (bicyclic) bond motifs is 1. The number of nitrogens with one attached hydrogen (secondary N) is 3. The van der Waals surface area contributed by atoms with E-state index in [1.54, 1.807) is 6.20 Å². The molecule has 1 aromatic rings. The summed E-state index contributed by atoms with van der Waals surface area (Å²) in [4.78, 5) is 14.7. The van der Waals surface area contributed by atoms with E-state index < -0.39 is 24.3 Å². The molecule has 1 saturated heterocycles. The molecule has 2 aliphatic rings. The molecule has 6 N–H and O–H groups in total. The van der Waals surface area contributed by atoms with Gasteiger partial charge in [-0.2, -0.15) is 0 Å². The molecule has 7 nitrogen and oxygen atoms in total. The molecule has 3 heterocycles. The van der Waals surface area contributed by atoms with Gasteiger partial charge in [-0.05, 0) is 11.1 Å². The molecule has 0 aromatic carbocycles. The number of aromatic nitrogens is 1. The summed E-state index contributed by atoms with van der Waals surface area (Å²) in [6, 6.07) is -1.04. The number of carbonyl (C=O) groups is 1. The van der Waals surface area contributed by atoms with Crippen LogP contribution in [0, 0.1) is 0 Å². The van der Waals surface area contributed by atoms with Gasteiger partial charge in [-0.3, -0.25) is 4.79 Å². The van der Waals surface area contributed by atoms with Gasteiger partial charge in [0.15, 0.2) is 5.78 Å². The second kappa shape index (κ2) is 4.69. The predicted octanol–water partition coefficient (Wildman–Crippen LogP) is -1.97. The fourth-order valence-corrected chi connectivity index (χ4v) is 2.87. The zero-order valence-corrected chi connectivity index (χ0v) is 10.3. The van der Waals surface area contributed by atoms with E-state index in [1.165, 1.54) is 0 Å². The van der Waals surface area contributed by atoms with Gasteiger partial charge < -0.3 is 30.9 Å². The van der Waals surface area contributed by atoms with E-state index in [-0.39, 0.29) is 12.4 Å². The number of aliphatic hydroxyl groups is 3. The normalized spacial score (nSPS) is 34.6. The topological polar surface area (TPSA) is 118 Å². The third-order valence-corrected chi connectivity index (χ3v) is 3.92. The van der Waals surface area contributed by atoms with Gasteiger partial charge in [-0.15, -0.1) is 0 Å². The first-order valence-corrected chi connectivity index (χ1v) is 6.30. The molecule has 0 aliphatic carbocycles. The third kappa shape index (κ3) is 1.90. The molecule has 0 spiro atoms. The van der Waals surface area contributed by atoms with Crippen LogP contribution in [-0.4, -0.2) is 57.5 Å². The molecule has 3 rings (SSSR count). The fourth-order valence-electron chi connectivity index (χ4n) is 2.87. The Balaban J connectivity index is 1.93. The molecule has 19 heavy (non-hydrogen) atoms. The average molecular weight is 267 g/mol. The van der Waals surface area contributed by atoms with E-state index in [0.717, 1.165) is 11.1 Å². The van der Waals surface area contributed by atoms with Gasteiger partial charge in [0.2, 0.25) is 0 Å². The van der Waals surface area contributed by atoms with Gasteiger partial charge in [0.1, 0.15) is 6.10 Å². The van der Waals surface area contributed by atoms with Crippen LogP contribution < -0.4 is 10.6 Å². The number of rotatable bonds is 2. The van der Waals surface area contributed by atoms with Crippen LogP contribution in [0.4, 0.5) is 0 Å². The highest BCUT2D eigenvalue weighted by Gasteiger charge is 2.43. The highest BCUT2D eigenvalue weighted by Crippen LogP contribution is 2.32. The van der Waals surface area contributed by atoms with Crippen LogP contribution in [0.5, 0.6) is 0 Å². The maximum Gasteiger partial charge on any atom is 0.193 e. The van der Waals surface area contributed by atoms with Crippen molar-refractivity contribution >= 4 is 5.78 Å². The van der Waals surface area contributed by atoms with Gasteiger partial charge in [0, 0.05) is 12.7 Å². The van der Waals surface area contributed by atoms with Gasteiger partial charge in [0.05, 0.1) is 37.0 Å². The summed E-state index contributed by atoms with van der Waals surface area (Å²) in [6.07, 6.45) is -0.343. The lowest BCUT2D eigenvalue weighted by Crippen LogP contribution is -2.35. The average Bonchev–Trinajstić information content (AvgIpc) is 2.94. The predicted molar refractivity (Wildman–Crippen MR) is 65.6 cm³/mol. The fraction of sp³-hybridized carbons (Fsp3) is 0.583. The smallest absolute Gasteiger partial charge is 0.193 e. The first-order valence-electron chi connectivity index (χ1n) is 6.30. The number of ketones is 1. The first kappa shape index (κ1) is 12.8. The molecular weight excluding hydrogens is 250 g/mol. The Bertz CT molecular complexity index is 501. The molecule has 2 aliphatic heterocycles. The third-order valence-electron chi connectivity index (χ3n) is 3.92. The quantitative estimate of drug-likeness (QED) is 0.370. The molecular formula is C12H17N3O4. The lowest BCUT2D eigenvalue weighted by molar-refractivity contribution is 0.0194. The van der Waals surface area contributed by atoms with Crippen molar-refractivity contribution in [2.24, 2.45) is 0 Å². The molecule has 0 amide bonds. The maximum absolute atomic E-state index is 11.7. The second-order valence-electron chi connectivity index (χ2n) is 5.04. The molecule has 7 heteroatoms. The van der Waals surface area contributed by atoms with Crippen molar-refractivity contribution in [2.45, 2.75) is 30.8 Å². The second-order valence-corrected chi connectivity index (χ2v) is 5.04. The van der Waals surface area contributed by atoms with Crippen LogP contribution in [-0.2, 0) is 6.54 Å². The van der Waals surface area contributed by atoms with Crippen molar-refractivity contribution < 1.29 is 20.1 Å². The SMILES string of the molecule is O=C1CNCc2c(C3NC(CO)C(O)C3O)c[nH]c21. The molecule has 4 unspecified atom stereocenters. The monoisotopic (exact) mass is 267 g/mol. The van der Waals surface area contributed by atoms with Crippen molar-refractivity contribution in [3.63, 3.8) is 0 Å². The molecule has 0 radical (unpaired) electrons. The number of H-pyrrole nitrogens is 1. The van der Waals surface area contributed by atoms with Crippen LogP contribution >= 0.6 is 0 Å². The molecule has 1 aromatic heterocycles. The summed E-state index contributed by atoms with van der Waals surface area (Å²) in [5.74, 6) is -0.0146. The minimum Gasteiger partial charge on any atom is -0.395 e. The lowest BCUT2D eigenvalue weighted by atomic mass is 9.96. The van der Waals surface area contributed by atoms with Crippen LogP contribution in [0.2, 0.25) is 0 Å². The van der Waals surface area contributed by atoms with Gasteiger partial charge in [0.25, 0.3) is 0 Å². The van der Waals surface area contributed by atoms with Gasteiger partial charge >= 0.3 is 0 Å². The largest absolute Gasteiger partial charge is 0.395 e. The van der Waals surface area contributed by atoms with E-state index in [9.17, 15) is 15.0 Å². The first-order chi connectivity index (χ1) is 9.13. The van der Waals surface area contributed by atoms with Crippen LogP contribution in [0.1, 0.15) is 27.7 Å². The van der Waals surface area contributed by atoms with E-state index in [4.69, 9.17) is 5.11 Å². The van der Waals surface area contributed by atoms with E-state index in [2.05, 4.69) is 15.6 Å². The Hall–Kier alpha value is -1.25. The van der Waals surface area contributed by atoms with E-state index in [0.29, 0.717) is 18.8 Å². The van der Waals surface area contributed by atoms with Crippen LogP contribution in [0.15, 0.2) is 6.20 Å². The van der Waals surface area contributed by atoms with Crippen LogP contribution in [0.3, 0.4) is 0 Å². The van der Waals surface area contributed by atoms with Crippen molar-refractivity contribution in [1.29, 1.82) is 0 Å². The molecule has 104 valence electrons. The number of aromatic amines is 1. The Labute approximate surface area is 109 Å². The summed E-state index contributed by atoms with van der Waals surface area (Å²) < 4.78 is 0. The number of hydrogen-bond donors (Lipinski definition) is 6. The summed E-state index contributed by atoms with van der Waals surface area (Å²) in [5, 5.41) is 35.0. The summed E-state index contributed by atoms with van der Waals surface area (Å²) in [7, 11) is 0. The highest BCUT2D eigenvalue weighted by molar-refractivity contribution is 5.98. The Kier molecular flexibility index (Phi) is 3.15. The zero-order valence-electron chi connectivity index (χ0n) is 10.3. The van der Waals surface area contributed by atoms with Crippen molar-refractivity contribution in [1.82, 2.24) is 15.6 Å². The minimum absolute atomic E-state index is 0.0146. The van der Waals surface area contributed by atoms with Gasteiger partial charge in [-0.1, -0.05) is 0 Å². The van der Waals surface area contributed by atoms with Crippen molar-refractivity contribution in [3.05, 3.63) is 23.0 Å². The lowest BCUT2D eigenvalue weighted by Gasteiger charge is -2.19. The minimum atomic E-state index is -1.02. The number of aliphatic hydroxyl groups excluding tert-OH is 3. The van der Waals surface area contributed by atoms with Crippen LogP contribution in [0.25, 0.3) is 0 Å². The number of carbonyl (C=O) groups excluding carboxylic acids is 1. The standard InChI is InChI=1S/C12H17N3O4/c16-4-7-11(18)12(19)10(15-7)6-2-14-9-5(6)1-13-3-8(9)17/h2,7,10-16,18-19H,1,3-4H2. The van der Waals surface area contributed by atoms with E-state index in [1.807, 2.05) is 0 Å². The Morgan fingerprint density at radius 3 is 2.74 bits per heavy atom. The maximum atomic E-state index is 11.7. The molecule has 4 atom stereocenters. The highest BCUT2D eigenvalue weighted by atomic mass is 16.3. The number of hydrogen-bond acceptors (Lipinski definition) is 6. The molecule has 0 saturated carbocycles.